The highest BCUT2D eigenvalue weighted by atomic mass is 32.2. The van der Waals surface area contributed by atoms with Crippen LogP contribution in [0.15, 0.2) is 65.1 Å². The number of thioether (sulfide) groups is 1. The molecule has 3 heteroatoms. The third-order valence-corrected chi connectivity index (χ3v) is 3.67. The van der Waals surface area contributed by atoms with Crippen molar-refractivity contribution in [2.24, 2.45) is 0 Å². The number of rotatable bonds is 2. The van der Waals surface area contributed by atoms with Crippen LogP contribution in [-0.4, -0.2) is 5.91 Å². The van der Waals surface area contributed by atoms with E-state index in [9.17, 15) is 4.79 Å². The average molecular weight is 243 g/mol. The Morgan fingerprint density at radius 3 is 2.59 bits per heavy atom. The molecule has 1 aliphatic rings. The first kappa shape index (κ1) is 11.7. The molecule has 0 aliphatic carbocycles. The van der Waals surface area contributed by atoms with E-state index in [2.05, 4.69) is 13.2 Å². The van der Waals surface area contributed by atoms with Gasteiger partial charge >= 0.3 is 0 Å². The first-order chi connectivity index (χ1) is 8.19. The Morgan fingerprint density at radius 2 is 2.00 bits per heavy atom. The standard InChI is InChI=1S/C14H13NOS/c1-4-11-13(5-2)17-14-9-7-6-8-12(14)15(11)10(3)16/h4-9H,1-2H2,3H3. The minimum absolute atomic E-state index is 0.0213. The van der Waals surface area contributed by atoms with E-state index >= 15 is 0 Å². The van der Waals surface area contributed by atoms with Gasteiger partial charge in [-0.05, 0) is 18.2 Å². The molecule has 1 amide bonds. The molecule has 2 rings (SSSR count). The Bertz CT molecular complexity index is 531. The predicted octanol–water partition coefficient (Wildman–Crippen LogP) is 3.73. The lowest BCUT2D eigenvalue weighted by molar-refractivity contribution is -0.116. The summed E-state index contributed by atoms with van der Waals surface area (Å²) in [6.07, 6.45) is 3.45. The zero-order valence-corrected chi connectivity index (χ0v) is 10.5. The van der Waals surface area contributed by atoms with Crippen LogP contribution in [-0.2, 0) is 4.79 Å². The van der Waals surface area contributed by atoms with Crippen molar-refractivity contribution < 1.29 is 4.79 Å². The number of anilines is 1. The van der Waals surface area contributed by atoms with E-state index in [-0.39, 0.29) is 5.91 Å². The zero-order chi connectivity index (χ0) is 12.4. The van der Waals surface area contributed by atoms with Gasteiger partial charge in [0.15, 0.2) is 0 Å². The highest BCUT2D eigenvalue weighted by Gasteiger charge is 2.25. The number of para-hydroxylation sites is 1. The summed E-state index contributed by atoms with van der Waals surface area (Å²) in [6, 6.07) is 7.82. The number of fused-ring (bicyclic) bond motifs is 1. The van der Waals surface area contributed by atoms with Crippen LogP contribution in [0.2, 0.25) is 0 Å². The van der Waals surface area contributed by atoms with Gasteiger partial charge in [0.25, 0.3) is 0 Å². The Hall–Kier alpha value is -1.74. The van der Waals surface area contributed by atoms with E-state index in [1.807, 2.05) is 24.3 Å². The summed E-state index contributed by atoms with van der Waals surface area (Å²) in [7, 11) is 0. The summed E-state index contributed by atoms with van der Waals surface area (Å²) in [5.74, 6) is -0.0213. The van der Waals surface area contributed by atoms with Gasteiger partial charge < -0.3 is 0 Å². The largest absolute Gasteiger partial charge is 0.279 e. The molecule has 0 saturated carbocycles. The number of hydrogen-bond donors (Lipinski definition) is 0. The lowest BCUT2D eigenvalue weighted by Gasteiger charge is -2.30. The molecular weight excluding hydrogens is 230 g/mol. The number of nitrogens with zero attached hydrogens (tertiary/aromatic N) is 1. The molecule has 1 aromatic carbocycles. The lowest BCUT2D eigenvalue weighted by Crippen LogP contribution is -2.29. The third kappa shape index (κ3) is 1.94. The number of hydrogen-bond acceptors (Lipinski definition) is 2. The third-order valence-electron chi connectivity index (χ3n) is 2.51. The second-order valence-electron chi connectivity index (χ2n) is 3.58. The van der Waals surface area contributed by atoms with E-state index in [4.69, 9.17) is 0 Å². The molecule has 0 fully saturated rings. The molecule has 0 saturated heterocycles. The fourth-order valence-corrected chi connectivity index (χ4v) is 2.83. The summed E-state index contributed by atoms with van der Waals surface area (Å²) in [5.41, 5.74) is 1.71. The van der Waals surface area contributed by atoms with Crippen LogP contribution in [0.5, 0.6) is 0 Å². The normalized spacial score (nSPS) is 14.3. The summed E-state index contributed by atoms with van der Waals surface area (Å²) in [5, 5.41) is 0. The second kappa shape index (κ2) is 4.63. The molecule has 0 unspecified atom stereocenters. The van der Waals surface area contributed by atoms with E-state index in [1.165, 1.54) is 0 Å². The Labute approximate surface area is 105 Å². The summed E-state index contributed by atoms with van der Waals surface area (Å²) < 4.78 is 0. The monoisotopic (exact) mass is 243 g/mol. The van der Waals surface area contributed by atoms with Crippen molar-refractivity contribution in [2.45, 2.75) is 11.8 Å². The molecule has 0 bridgehead atoms. The lowest BCUT2D eigenvalue weighted by atomic mass is 10.2. The smallest absolute Gasteiger partial charge is 0.228 e. The SMILES string of the molecule is C=CC1=C(C=C)N(C(C)=O)c2ccccc2S1. The maximum atomic E-state index is 11.8. The van der Waals surface area contributed by atoms with Gasteiger partial charge in [-0.25, -0.2) is 0 Å². The van der Waals surface area contributed by atoms with Crippen molar-refractivity contribution in [3.63, 3.8) is 0 Å². The van der Waals surface area contributed by atoms with Gasteiger partial charge in [-0.15, -0.1) is 0 Å². The maximum Gasteiger partial charge on any atom is 0.228 e. The van der Waals surface area contributed by atoms with Crippen LogP contribution in [0.4, 0.5) is 5.69 Å². The van der Waals surface area contributed by atoms with E-state index < -0.39 is 0 Å². The highest BCUT2D eigenvalue weighted by Crippen LogP contribution is 2.43. The zero-order valence-electron chi connectivity index (χ0n) is 9.64. The number of allylic oxidation sites excluding steroid dienone is 2. The Kier molecular flexibility index (Phi) is 3.20. The van der Waals surface area contributed by atoms with Crippen molar-refractivity contribution in [3.8, 4) is 0 Å². The summed E-state index contributed by atoms with van der Waals surface area (Å²) >= 11 is 1.61. The molecule has 17 heavy (non-hydrogen) atoms. The number of benzene rings is 1. The van der Waals surface area contributed by atoms with Crippen molar-refractivity contribution >= 4 is 23.4 Å². The molecular formula is C14H13NOS. The first-order valence-electron chi connectivity index (χ1n) is 5.25. The van der Waals surface area contributed by atoms with Crippen LogP contribution in [0, 0.1) is 0 Å². The van der Waals surface area contributed by atoms with Crippen molar-refractivity contribution in [3.05, 3.63) is 60.2 Å². The maximum absolute atomic E-state index is 11.8. The molecule has 1 heterocycles. The Morgan fingerprint density at radius 1 is 1.29 bits per heavy atom. The van der Waals surface area contributed by atoms with Gasteiger partial charge in [0, 0.05) is 16.7 Å². The van der Waals surface area contributed by atoms with Gasteiger partial charge in [0.2, 0.25) is 5.91 Å². The minimum Gasteiger partial charge on any atom is -0.279 e. The van der Waals surface area contributed by atoms with Gasteiger partial charge in [0.1, 0.15) is 0 Å². The average Bonchev–Trinajstić information content (AvgIpc) is 2.35. The topological polar surface area (TPSA) is 20.3 Å². The quantitative estimate of drug-likeness (QED) is 0.789. The number of carbonyl (C=O) groups excluding carboxylic acids is 1. The summed E-state index contributed by atoms with van der Waals surface area (Å²) in [6.45, 7) is 9.11. The predicted molar refractivity (Wildman–Crippen MR) is 72.9 cm³/mol. The molecule has 2 nitrogen and oxygen atoms in total. The van der Waals surface area contributed by atoms with Crippen LogP contribution in [0.3, 0.4) is 0 Å². The molecule has 0 N–H and O–H groups in total. The highest BCUT2D eigenvalue weighted by molar-refractivity contribution is 8.03. The van der Waals surface area contributed by atoms with E-state index in [1.54, 1.807) is 35.7 Å². The van der Waals surface area contributed by atoms with Crippen molar-refractivity contribution in [1.82, 2.24) is 0 Å². The molecule has 0 radical (unpaired) electrons. The molecule has 1 aromatic rings. The van der Waals surface area contributed by atoms with Crippen LogP contribution < -0.4 is 4.90 Å². The molecule has 0 aromatic heterocycles. The van der Waals surface area contributed by atoms with Gasteiger partial charge in [0.05, 0.1) is 11.4 Å². The molecule has 1 aliphatic heterocycles. The van der Waals surface area contributed by atoms with Crippen molar-refractivity contribution in [1.29, 1.82) is 0 Å². The first-order valence-corrected chi connectivity index (χ1v) is 6.07. The van der Waals surface area contributed by atoms with Crippen molar-refractivity contribution in [2.75, 3.05) is 4.90 Å². The molecule has 0 spiro atoms. The second-order valence-corrected chi connectivity index (χ2v) is 4.67. The van der Waals surface area contributed by atoms with E-state index in [0.29, 0.717) is 0 Å². The number of amides is 1. The van der Waals surface area contributed by atoms with E-state index in [0.717, 1.165) is 21.2 Å². The van der Waals surface area contributed by atoms with Crippen LogP contribution in [0.1, 0.15) is 6.92 Å². The summed E-state index contributed by atoms with van der Waals surface area (Å²) in [4.78, 5) is 15.5. The number of carbonyl (C=O) groups is 1. The fraction of sp³-hybridized carbons (Fsp3) is 0.0714. The molecule has 0 atom stereocenters. The molecule has 86 valence electrons. The fourth-order valence-electron chi connectivity index (χ4n) is 1.82. The van der Waals surface area contributed by atoms with Gasteiger partial charge in [-0.1, -0.05) is 43.1 Å². The van der Waals surface area contributed by atoms with Crippen LogP contribution in [0.25, 0.3) is 0 Å². The van der Waals surface area contributed by atoms with Gasteiger partial charge in [-0.3, -0.25) is 9.69 Å². The minimum atomic E-state index is -0.0213. The van der Waals surface area contributed by atoms with Gasteiger partial charge in [-0.2, -0.15) is 0 Å². The van der Waals surface area contributed by atoms with Crippen LogP contribution >= 0.6 is 11.8 Å². The Balaban J connectivity index is 2.65.